The Kier molecular flexibility index (Phi) is 4.59. The number of halogens is 1. The summed E-state index contributed by atoms with van der Waals surface area (Å²) in [4.78, 5) is 4.57. The van der Waals surface area contributed by atoms with Crippen molar-refractivity contribution in [2.24, 2.45) is 0 Å². The Hall–Kier alpha value is -0.560. The van der Waals surface area contributed by atoms with Crippen LogP contribution in [0.25, 0.3) is 0 Å². The number of nitriles is 1. The van der Waals surface area contributed by atoms with Gasteiger partial charge >= 0.3 is 0 Å². The van der Waals surface area contributed by atoms with Gasteiger partial charge in [-0.2, -0.15) is 5.26 Å². The quantitative estimate of drug-likeness (QED) is 0.735. The number of piperazine rings is 1. The summed E-state index contributed by atoms with van der Waals surface area (Å²) in [6, 6.07) is 2.34. The molecule has 0 aliphatic carbocycles. The third-order valence-electron chi connectivity index (χ3n) is 2.89. The van der Waals surface area contributed by atoms with Gasteiger partial charge in [0.25, 0.3) is 0 Å². The lowest BCUT2D eigenvalue weighted by Crippen LogP contribution is -2.53. The summed E-state index contributed by atoms with van der Waals surface area (Å²) in [7, 11) is 0. The molecule has 1 fully saturated rings. The Labute approximate surface area is 96.9 Å². The van der Waals surface area contributed by atoms with Gasteiger partial charge in [-0.1, -0.05) is 17.7 Å². The normalized spacial score (nSPS) is 20.7. The second kappa shape index (κ2) is 5.50. The molecule has 1 rings (SSSR count). The third kappa shape index (κ3) is 3.49. The summed E-state index contributed by atoms with van der Waals surface area (Å²) in [5.41, 5.74) is 1.22. The molecule has 0 bridgehead atoms. The monoisotopic (exact) mass is 227 g/mol. The Morgan fingerprint density at radius 3 is 2.40 bits per heavy atom. The molecule has 0 aromatic rings. The van der Waals surface area contributed by atoms with Crippen LogP contribution < -0.4 is 0 Å². The van der Waals surface area contributed by atoms with Crippen molar-refractivity contribution < 1.29 is 0 Å². The van der Waals surface area contributed by atoms with Gasteiger partial charge in [0.1, 0.15) is 5.54 Å². The summed E-state index contributed by atoms with van der Waals surface area (Å²) < 4.78 is 0. The highest BCUT2D eigenvalue weighted by molar-refractivity contribution is 6.25. The predicted molar refractivity (Wildman–Crippen MR) is 62.7 cm³/mol. The van der Waals surface area contributed by atoms with E-state index in [1.807, 2.05) is 19.9 Å². The lowest BCUT2D eigenvalue weighted by atomic mass is 10.0. The molecule has 3 nitrogen and oxygen atoms in total. The molecule has 1 heterocycles. The minimum Gasteiger partial charge on any atom is -0.297 e. The van der Waals surface area contributed by atoms with Crippen LogP contribution in [0, 0.1) is 11.3 Å². The van der Waals surface area contributed by atoms with E-state index in [0.717, 1.165) is 32.7 Å². The van der Waals surface area contributed by atoms with E-state index >= 15 is 0 Å². The fourth-order valence-electron chi connectivity index (χ4n) is 1.75. The molecule has 0 amide bonds. The fraction of sp³-hybridized carbons (Fsp3) is 0.727. The van der Waals surface area contributed by atoms with Crippen LogP contribution >= 0.6 is 11.6 Å². The van der Waals surface area contributed by atoms with Crippen molar-refractivity contribution >= 4 is 11.6 Å². The first kappa shape index (κ1) is 12.5. The van der Waals surface area contributed by atoms with E-state index in [-0.39, 0.29) is 5.54 Å². The van der Waals surface area contributed by atoms with Crippen molar-refractivity contribution in [1.29, 1.82) is 5.26 Å². The van der Waals surface area contributed by atoms with Crippen LogP contribution in [0.3, 0.4) is 0 Å². The van der Waals surface area contributed by atoms with Gasteiger partial charge in [0.05, 0.1) is 6.07 Å². The third-order valence-corrected chi connectivity index (χ3v) is 3.07. The number of hydrogen-bond donors (Lipinski definition) is 0. The Bertz CT molecular complexity index is 259. The summed E-state index contributed by atoms with van der Waals surface area (Å²) in [5.74, 6) is 0. The molecule has 4 heteroatoms. The minimum absolute atomic E-state index is 0.339. The molecule has 1 saturated heterocycles. The van der Waals surface area contributed by atoms with Gasteiger partial charge in [-0.15, -0.1) is 0 Å². The minimum atomic E-state index is -0.339. The van der Waals surface area contributed by atoms with Crippen LogP contribution in [0.5, 0.6) is 0 Å². The van der Waals surface area contributed by atoms with Crippen LogP contribution in [-0.4, -0.2) is 48.1 Å². The average Bonchev–Trinajstić information content (AvgIpc) is 2.27. The zero-order chi connectivity index (χ0) is 11.3. The highest BCUT2D eigenvalue weighted by Crippen LogP contribution is 2.15. The summed E-state index contributed by atoms with van der Waals surface area (Å²) >= 11 is 5.48. The zero-order valence-corrected chi connectivity index (χ0v) is 10.2. The van der Waals surface area contributed by atoms with E-state index in [1.54, 1.807) is 5.54 Å². The first-order chi connectivity index (χ1) is 7.10. The zero-order valence-electron chi connectivity index (χ0n) is 9.41. The smallest absolute Gasteiger partial charge is 0.103 e. The van der Waals surface area contributed by atoms with Crippen molar-refractivity contribution in [3.63, 3.8) is 0 Å². The van der Waals surface area contributed by atoms with Gasteiger partial charge in [-0.05, 0) is 13.8 Å². The van der Waals surface area contributed by atoms with Crippen LogP contribution in [0.4, 0.5) is 0 Å². The van der Waals surface area contributed by atoms with Gasteiger partial charge in [0.15, 0.2) is 0 Å². The van der Waals surface area contributed by atoms with Crippen molar-refractivity contribution in [3.05, 3.63) is 11.6 Å². The molecule has 0 aromatic carbocycles. The summed E-state index contributed by atoms with van der Waals surface area (Å²) in [6.45, 7) is 8.78. The van der Waals surface area contributed by atoms with E-state index in [9.17, 15) is 0 Å². The fourth-order valence-corrected chi connectivity index (χ4v) is 1.83. The topological polar surface area (TPSA) is 30.3 Å². The molecule has 0 atom stereocenters. The van der Waals surface area contributed by atoms with Crippen molar-refractivity contribution in [2.45, 2.75) is 19.4 Å². The SMILES string of the molecule is CC(C)(C#N)N1CCN(C/C=C/Cl)CC1. The maximum absolute atomic E-state index is 9.02. The second-order valence-electron chi connectivity index (χ2n) is 4.32. The molecule has 0 unspecified atom stereocenters. The summed E-state index contributed by atoms with van der Waals surface area (Å²) in [5, 5.41) is 9.02. The van der Waals surface area contributed by atoms with Crippen LogP contribution in [-0.2, 0) is 0 Å². The first-order valence-corrected chi connectivity index (χ1v) is 5.67. The van der Waals surface area contributed by atoms with E-state index in [4.69, 9.17) is 16.9 Å². The molecular formula is C11H18ClN3. The predicted octanol–water partition coefficient (Wildman–Crippen LogP) is 1.66. The number of hydrogen-bond acceptors (Lipinski definition) is 3. The van der Waals surface area contributed by atoms with Crippen LogP contribution in [0.15, 0.2) is 11.6 Å². The van der Waals surface area contributed by atoms with Crippen molar-refractivity contribution in [1.82, 2.24) is 9.80 Å². The molecule has 1 aliphatic rings. The Balaban J connectivity index is 2.40. The van der Waals surface area contributed by atoms with Crippen LogP contribution in [0.2, 0.25) is 0 Å². The molecule has 0 spiro atoms. The van der Waals surface area contributed by atoms with Gasteiger partial charge in [0.2, 0.25) is 0 Å². The van der Waals surface area contributed by atoms with Crippen molar-refractivity contribution in [2.75, 3.05) is 32.7 Å². The molecule has 0 N–H and O–H groups in total. The molecule has 0 saturated carbocycles. The number of nitrogens with zero attached hydrogens (tertiary/aromatic N) is 3. The lowest BCUT2D eigenvalue weighted by molar-refractivity contribution is 0.0863. The van der Waals surface area contributed by atoms with E-state index in [2.05, 4.69) is 15.9 Å². The Morgan fingerprint density at radius 1 is 1.33 bits per heavy atom. The van der Waals surface area contributed by atoms with Gasteiger partial charge < -0.3 is 0 Å². The van der Waals surface area contributed by atoms with Gasteiger partial charge in [-0.25, -0.2) is 0 Å². The van der Waals surface area contributed by atoms with E-state index in [1.165, 1.54) is 0 Å². The molecular weight excluding hydrogens is 210 g/mol. The standard InChI is InChI=1S/C11H18ClN3/c1-11(2,10-13)15-8-6-14(7-9-15)5-3-4-12/h3-4H,5-9H2,1-2H3/b4-3+. The second-order valence-corrected chi connectivity index (χ2v) is 4.57. The Morgan fingerprint density at radius 2 is 1.93 bits per heavy atom. The van der Waals surface area contributed by atoms with Crippen molar-refractivity contribution in [3.8, 4) is 6.07 Å². The maximum Gasteiger partial charge on any atom is 0.103 e. The maximum atomic E-state index is 9.02. The molecule has 84 valence electrons. The first-order valence-electron chi connectivity index (χ1n) is 5.24. The van der Waals surface area contributed by atoms with E-state index < -0.39 is 0 Å². The lowest BCUT2D eigenvalue weighted by Gasteiger charge is -2.40. The molecule has 1 aliphatic heterocycles. The highest BCUT2D eigenvalue weighted by atomic mass is 35.5. The largest absolute Gasteiger partial charge is 0.297 e. The molecule has 0 aromatic heterocycles. The van der Waals surface area contributed by atoms with Gasteiger partial charge in [-0.3, -0.25) is 9.80 Å². The summed E-state index contributed by atoms with van der Waals surface area (Å²) in [6.07, 6.45) is 1.95. The van der Waals surface area contributed by atoms with Crippen LogP contribution in [0.1, 0.15) is 13.8 Å². The van der Waals surface area contributed by atoms with Gasteiger partial charge in [0, 0.05) is 38.3 Å². The highest BCUT2D eigenvalue weighted by Gasteiger charge is 2.29. The molecule has 0 radical (unpaired) electrons. The average molecular weight is 228 g/mol. The number of rotatable bonds is 3. The molecule has 15 heavy (non-hydrogen) atoms. The van der Waals surface area contributed by atoms with E-state index in [0.29, 0.717) is 0 Å².